The molecule has 0 unspecified atom stereocenters. The van der Waals surface area contributed by atoms with Gasteiger partial charge in [0.15, 0.2) is 11.2 Å². The predicted molar refractivity (Wildman–Crippen MR) is 101 cm³/mol. The fourth-order valence-electron chi connectivity index (χ4n) is 3.16. The van der Waals surface area contributed by atoms with Crippen molar-refractivity contribution in [3.05, 3.63) is 50.4 Å². The van der Waals surface area contributed by atoms with Gasteiger partial charge in [0.25, 0.3) is 5.56 Å². The average Bonchev–Trinajstić information content (AvgIpc) is 3.10. The first-order valence-electron chi connectivity index (χ1n) is 8.67. The maximum atomic E-state index is 13.0. The monoisotopic (exact) mass is 356 g/mol. The van der Waals surface area contributed by atoms with E-state index in [1.165, 1.54) is 9.13 Å². The lowest BCUT2D eigenvalue weighted by Crippen LogP contribution is -2.39. The van der Waals surface area contributed by atoms with Crippen molar-refractivity contribution in [2.45, 2.75) is 47.2 Å². The lowest BCUT2D eigenvalue weighted by molar-refractivity contribution is 0.632. The number of fused-ring (bicyclic) bond motifs is 1. The molecule has 8 nitrogen and oxygen atoms in total. The van der Waals surface area contributed by atoms with Crippen molar-refractivity contribution < 1.29 is 0 Å². The Hall–Kier alpha value is -2.90. The van der Waals surface area contributed by atoms with Gasteiger partial charge in [-0.05, 0) is 32.8 Å². The molecular formula is C18H24N6O2. The zero-order valence-corrected chi connectivity index (χ0v) is 15.9. The number of allylic oxidation sites excluding steroid dienone is 1. The van der Waals surface area contributed by atoms with Crippen molar-refractivity contribution in [2.75, 3.05) is 0 Å². The van der Waals surface area contributed by atoms with E-state index in [0.29, 0.717) is 23.7 Å². The van der Waals surface area contributed by atoms with Crippen LogP contribution in [0.15, 0.2) is 22.2 Å². The van der Waals surface area contributed by atoms with Crippen LogP contribution in [0.2, 0.25) is 0 Å². The molecule has 8 heteroatoms. The van der Waals surface area contributed by atoms with Crippen LogP contribution in [-0.2, 0) is 20.1 Å². The lowest BCUT2D eigenvalue weighted by Gasteiger charge is -2.10. The van der Waals surface area contributed by atoms with E-state index in [2.05, 4.69) is 16.7 Å². The summed E-state index contributed by atoms with van der Waals surface area (Å²) in [5.41, 5.74) is 2.98. The van der Waals surface area contributed by atoms with Crippen molar-refractivity contribution in [1.29, 1.82) is 0 Å². The normalized spacial score (nSPS) is 11.4. The van der Waals surface area contributed by atoms with Gasteiger partial charge in [0, 0.05) is 25.8 Å². The molecule has 0 aliphatic heterocycles. The summed E-state index contributed by atoms with van der Waals surface area (Å²) in [6.45, 7) is 12.4. The number of nitrogens with zero attached hydrogens (tertiary/aromatic N) is 6. The molecule has 0 aliphatic carbocycles. The van der Waals surface area contributed by atoms with E-state index < -0.39 is 5.69 Å². The Balaban J connectivity index is 2.48. The minimum absolute atomic E-state index is 0.160. The third-order valence-electron chi connectivity index (χ3n) is 4.81. The van der Waals surface area contributed by atoms with Gasteiger partial charge in [-0.3, -0.25) is 13.9 Å². The second-order valence-electron chi connectivity index (χ2n) is 6.49. The van der Waals surface area contributed by atoms with Gasteiger partial charge < -0.3 is 4.57 Å². The van der Waals surface area contributed by atoms with Crippen LogP contribution in [0.3, 0.4) is 0 Å². The molecule has 3 aromatic heterocycles. The molecule has 3 aromatic rings. The van der Waals surface area contributed by atoms with Crippen LogP contribution < -0.4 is 11.2 Å². The predicted octanol–water partition coefficient (Wildman–Crippen LogP) is 1.60. The van der Waals surface area contributed by atoms with Crippen LogP contribution in [0, 0.1) is 20.8 Å². The zero-order chi connectivity index (χ0) is 19.2. The van der Waals surface area contributed by atoms with E-state index >= 15 is 0 Å². The highest BCUT2D eigenvalue weighted by atomic mass is 16.2. The summed E-state index contributed by atoms with van der Waals surface area (Å²) >= 11 is 0. The van der Waals surface area contributed by atoms with Crippen molar-refractivity contribution in [3.8, 4) is 5.95 Å². The lowest BCUT2D eigenvalue weighted by atomic mass is 10.2. The summed E-state index contributed by atoms with van der Waals surface area (Å²) in [4.78, 5) is 30.2. The number of hydrogen-bond donors (Lipinski definition) is 0. The van der Waals surface area contributed by atoms with Crippen LogP contribution in [0.4, 0.5) is 0 Å². The summed E-state index contributed by atoms with van der Waals surface area (Å²) < 4.78 is 6.20. The number of imidazole rings is 1. The van der Waals surface area contributed by atoms with Gasteiger partial charge in [0.05, 0.1) is 5.69 Å². The smallest absolute Gasteiger partial charge is 0.302 e. The molecular weight excluding hydrogens is 332 g/mol. The van der Waals surface area contributed by atoms with Crippen molar-refractivity contribution in [2.24, 2.45) is 7.05 Å². The first-order chi connectivity index (χ1) is 12.3. The van der Waals surface area contributed by atoms with Gasteiger partial charge in [-0.2, -0.15) is 10.1 Å². The van der Waals surface area contributed by atoms with Gasteiger partial charge in [-0.15, -0.1) is 6.58 Å². The van der Waals surface area contributed by atoms with Crippen LogP contribution in [0.5, 0.6) is 0 Å². The molecule has 0 amide bonds. The molecule has 26 heavy (non-hydrogen) atoms. The molecule has 0 saturated heterocycles. The zero-order valence-electron chi connectivity index (χ0n) is 15.9. The number of aryl methyl sites for hydroxylation is 3. The van der Waals surface area contributed by atoms with E-state index in [9.17, 15) is 9.59 Å². The van der Waals surface area contributed by atoms with Crippen molar-refractivity contribution in [1.82, 2.24) is 28.5 Å². The van der Waals surface area contributed by atoms with Gasteiger partial charge >= 0.3 is 5.69 Å². The fraction of sp³-hybridized carbons (Fsp3) is 0.444. The maximum absolute atomic E-state index is 13.0. The van der Waals surface area contributed by atoms with Crippen LogP contribution in [0.25, 0.3) is 17.1 Å². The molecule has 0 fully saturated rings. The summed E-state index contributed by atoms with van der Waals surface area (Å²) in [5.74, 6) is 0.555. The number of hydrogen-bond acceptors (Lipinski definition) is 4. The Labute approximate surface area is 151 Å². The summed E-state index contributed by atoms with van der Waals surface area (Å²) in [5, 5.41) is 4.58. The highest BCUT2D eigenvalue weighted by Crippen LogP contribution is 2.20. The minimum Gasteiger partial charge on any atom is -0.302 e. The molecule has 0 radical (unpaired) electrons. The molecule has 3 rings (SSSR count). The molecule has 0 aromatic carbocycles. The number of rotatable bonds is 5. The third kappa shape index (κ3) is 2.44. The maximum Gasteiger partial charge on any atom is 0.332 e. The fourth-order valence-corrected chi connectivity index (χ4v) is 3.16. The Morgan fingerprint density at radius 1 is 1.15 bits per heavy atom. The molecule has 0 aliphatic rings. The quantitative estimate of drug-likeness (QED) is 0.651. The van der Waals surface area contributed by atoms with E-state index in [0.717, 1.165) is 23.4 Å². The largest absolute Gasteiger partial charge is 0.332 e. The highest BCUT2D eigenvalue weighted by Gasteiger charge is 2.22. The summed E-state index contributed by atoms with van der Waals surface area (Å²) in [7, 11) is 1.63. The first-order valence-corrected chi connectivity index (χ1v) is 8.67. The summed E-state index contributed by atoms with van der Waals surface area (Å²) in [6.07, 6.45) is 2.36. The Kier molecular flexibility index (Phi) is 4.43. The second kappa shape index (κ2) is 6.44. The molecule has 0 spiro atoms. The van der Waals surface area contributed by atoms with Crippen molar-refractivity contribution in [3.63, 3.8) is 0 Å². The van der Waals surface area contributed by atoms with Gasteiger partial charge in [-0.25, -0.2) is 9.48 Å². The Bertz CT molecular complexity index is 1130. The van der Waals surface area contributed by atoms with Crippen LogP contribution in [-0.4, -0.2) is 28.5 Å². The number of aromatic nitrogens is 6. The highest BCUT2D eigenvalue weighted by molar-refractivity contribution is 5.72. The van der Waals surface area contributed by atoms with E-state index in [1.807, 2.05) is 32.3 Å². The van der Waals surface area contributed by atoms with Crippen LogP contribution >= 0.6 is 0 Å². The van der Waals surface area contributed by atoms with E-state index in [-0.39, 0.29) is 12.1 Å². The SMILES string of the molecule is C=CCn1c(=O)c2c(nc(-n3nc(C)c(C)c3C)n2CCC)n(C)c1=O. The first kappa shape index (κ1) is 17.9. The van der Waals surface area contributed by atoms with Gasteiger partial charge in [0.1, 0.15) is 0 Å². The average molecular weight is 356 g/mol. The summed E-state index contributed by atoms with van der Waals surface area (Å²) in [6, 6.07) is 0. The molecule has 0 bridgehead atoms. The second-order valence-corrected chi connectivity index (χ2v) is 6.49. The third-order valence-corrected chi connectivity index (χ3v) is 4.81. The minimum atomic E-state index is -0.403. The molecule has 138 valence electrons. The topological polar surface area (TPSA) is 79.6 Å². The molecule has 3 heterocycles. The van der Waals surface area contributed by atoms with Gasteiger partial charge in [0.2, 0.25) is 5.95 Å². The Morgan fingerprint density at radius 3 is 2.38 bits per heavy atom. The Morgan fingerprint density at radius 2 is 1.85 bits per heavy atom. The molecule has 0 atom stereocenters. The van der Waals surface area contributed by atoms with E-state index in [1.54, 1.807) is 17.8 Å². The molecule has 0 N–H and O–H groups in total. The van der Waals surface area contributed by atoms with E-state index in [4.69, 9.17) is 0 Å². The molecule has 0 saturated carbocycles. The van der Waals surface area contributed by atoms with Crippen LogP contribution in [0.1, 0.15) is 30.3 Å². The van der Waals surface area contributed by atoms with Crippen molar-refractivity contribution >= 4 is 11.2 Å². The van der Waals surface area contributed by atoms with Gasteiger partial charge in [-0.1, -0.05) is 13.0 Å². The standard InChI is InChI=1S/C18H24N6O2/c1-7-9-22-14-15(21(6)18(26)23(10-8-2)16(14)25)19-17(22)24-13(5)11(3)12(4)20-24/h8H,2,7,9-10H2,1,3-6H3.